The molecule has 0 unspecified atom stereocenters. The SMILES string of the molecule is O=C(N[C@@H]1CN(Cc2ccc3[nH]ccc3c2)CC[C@@H]1CO)c1ccccc1. The van der Waals surface area contributed by atoms with Crippen LogP contribution in [0.2, 0.25) is 0 Å². The molecule has 3 aromatic rings. The minimum Gasteiger partial charge on any atom is -0.396 e. The van der Waals surface area contributed by atoms with Crippen molar-refractivity contribution in [3.63, 3.8) is 0 Å². The fourth-order valence-electron chi connectivity index (χ4n) is 3.89. The fraction of sp³-hybridized carbons (Fsp3) is 0.318. The number of benzene rings is 2. The van der Waals surface area contributed by atoms with Gasteiger partial charge in [-0.05, 0) is 54.2 Å². The molecule has 27 heavy (non-hydrogen) atoms. The number of hydrogen-bond acceptors (Lipinski definition) is 3. The second-order valence-electron chi connectivity index (χ2n) is 7.31. The summed E-state index contributed by atoms with van der Waals surface area (Å²) in [7, 11) is 0. The molecule has 2 aromatic carbocycles. The van der Waals surface area contributed by atoms with Crippen LogP contribution in [0.3, 0.4) is 0 Å². The highest BCUT2D eigenvalue weighted by atomic mass is 16.3. The van der Waals surface area contributed by atoms with Gasteiger partial charge in [0.15, 0.2) is 0 Å². The quantitative estimate of drug-likeness (QED) is 0.653. The van der Waals surface area contributed by atoms with E-state index in [9.17, 15) is 9.90 Å². The highest BCUT2D eigenvalue weighted by Crippen LogP contribution is 2.21. The number of carbonyl (C=O) groups excluding carboxylic acids is 1. The lowest BCUT2D eigenvalue weighted by Crippen LogP contribution is -2.53. The Bertz CT molecular complexity index is 906. The minimum atomic E-state index is -0.0744. The number of rotatable bonds is 5. The Balaban J connectivity index is 1.43. The zero-order chi connectivity index (χ0) is 18.6. The number of likely N-dealkylation sites (tertiary alicyclic amines) is 1. The van der Waals surface area contributed by atoms with Gasteiger partial charge in [-0.1, -0.05) is 24.3 Å². The Morgan fingerprint density at radius 3 is 2.85 bits per heavy atom. The third kappa shape index (κ3) is 4.04. The Morgan fingerprint density at radius 1 is 1.19 bits per heavy atom. The highest BCUT2D eigenvalue weighted by Gasteiger charge is 2.30. The molecule has 1 aromatic heterocycles. The first kappa shape index (κ1) is 17.8. The van der Waals surface area contributed by atoms with E-state index in [1.165, 1.54) is 10.9 Å². The van der Waals surface area contributed by atoms with E-state index >= 15 is 0 Å². The van der Waals surface area contributed by atoms with Gasteiger partial charge >= 0.3 is 0 Å². The number of aliphatic hydroxyl groups is 1. The van der Waals surface area contributed by atoms with Crippen LogP contribution in [0.25, 0.3) is 10.9 Å². The van der Waals surface area contributed by atoms with Gasteiger partial charge in [-0.2, -0.15) is 0 Å². The number of aromatic amines is 1. The molecule has 1 aliphatic heterocycles. The third-order valence-electron chi connectivity index (χ3n) is 5.45. The summed E-state index contributed by atoms with van der Waals surface area (Å²) in [5.41, 5.74) is 3.06. The van der Waals surface area contributed by atoms with E-state index in [2.05, 4.69) is 39.5 Å². The lowest BCUT2D eigenvalue weighted by atomic mass is 9.91. The second kappa shape index (κ2) is 7.94. The molecule has 4 rings (SSSR count). The van der Waals surface area contributed by atoms with E-state index in [0.29, 0.717) is 5.56 Å². The van der Waals surface area contributed by atoms with E-state index in [4.69, 9.17) is 0 Å². The number of fused-ring (bicyclic) bond motifs is 1. The van der Waals surface area contributed by atoms with Gasteiger partial charge in [-0.25, -0.2) is 0 Å². The van der Waals surface area contributed by atoms with Crippen LogP contribution in [-0.2, 0) is 6.54 Å². The number of H-pyrrole nitrogens is 1. The molecule has 1 saturated heterocycles. The van der Waals surface area contributed by atoms with Crippen molar-refractivity contribution in [3.05, 3.63) is 71.9 Å². The van der Waals surface area contributed by atoms with Gasteiger partial charge in [-0.3, -0.25) is 9.69 Å². The topological polar surface area (TPSA) is 68.4 Å². The maximum absolute atomic E-state index is 12.5. The number of hydrogen-bond donors (Lipinski definition) is 3. The maximum Gasteiger partial charge on any atom is 0.251 e. The average Bonchev–Trinajstić information content (AvgIpc) is 3.17. The van der Waals surface area contributed by atoms with Crippen LogP contribution in [0.4, 0.5) is 0 Å². The van der Waals surface area contributed by atoms with Crippen LogP contribution in [0, 0.1) is 5.92 Å². The fourth-order valence-corrected chi connectivity index (χ4v) is 3.89. The van der Waals surface area contributed by atoms with Crippen LogP contribution in [0.15, 0.2) is 60.8 Å². The molecule has 3 N–H and O–H groups in total. The Labute approximate surface area is 159 Å². The summed E-state index contributed by atoms with van der Waals surface area (Å²) in [6.07, 6.45) is 2.83. The van der Waals surface area contributed by atoms with Crippen molar-refractivity contribution < 1.29 is 9.90 Å². The molecule has 2 atom stereocenters. The molecule has 1 amide bonds. The van der Waals surface area contributed by atoms with Crippen molar-refractivity contribution in [2.45, 2.75) is 19.0 Å². The van der Waals surface area contributed by atoms with Crippen LogP contribution < -0.4 is 5.32 Å². The summed E-state index contributed by atoms with van der Waals surface area (Å²) in [6.45, 7) is 2.61. The average molecular weight is 363 g/mol. The van der Waals surface area contributed by atoms with Crippen molar-refractivity contribution in [3.8, 4) is 0 Å². The van der Waals surface area contributed by atoms with Gasteiger partial charge in [0.05, 0.1) is 0 Å². The first-order valence-electron chi connectivity index (χ1n) is 9.48. The Hall–Kier alpha value is -2.63. The first-order valence-corrected chi connectivity index (χ1v) is 9.48. The minimum absolute atomic E-state index is 0.0487. The monoisotopic (exact) mass is 363 g/mol. The molecule has 0 radical (unpaired) electrons. The lowest BCUT2D eigenvalue weighted by Gasteiger charge is -2.38. The summed E-state index contributed by atoms with van der Waals surface area (Å²) in [5.74, 6) is 0.0238. The standard InChI is InChI=1S/C22H25N3O2/c26-15-19-9-11-25(13-16-6-7-20-18(12-16)8-10-23-20)14-21(19)24-22(27)17-4-2-1-3-5-17/h1-8,10,12,19,21,23,26H,9,11,13-15H2,(H,24,27)/t19-,21-/m1/s1. The molecular formula is C22H25N3O2. The van der Waals surface area contributed by atoms with Crippen molar-refractivity contribution in [2.75, 3.05) is 19.7 Å². The van der Waals surface area contributed by atoms with E-state index < -0.39 is 0 Å². The molecule has 140 valence electrons. The summed E-state index contributed by atoms with van der Waals surface area (Å²) < 4.78 is 0. The van der Waals surface area contributed by atoms with Crippen molar-refractivity contribution in [2.24, 2.45) is 5.92 Å². The predicted molar refractivity (Wildman–Crippen MR) is 106 cm³/mol. The first-order chi connectivity index (χ1) is 13.2. The van der Waals surface area contributed by atoms with Crippen molar-refractivity contribution >= 4 is 16.8 Å². The highest BCUT2D eigenvalue weighted by molar-refractivity contribution is 5.94. The summed E-state index contributed by atoms with van der Waals surface area (Å²) >= 11 is 0. The van der Waals surface area contributed by atoms with E-state index in [0.717, 1.165) is 31.6 Å². The number of nitrogens with one attached hydrogen (secondary N) is 2. The number of aliphatic hydroxyl groups excluding tert-OH is 1. The van der Waals surface area contributed by atoms with Gasteiger partial charge < -0.3 is 15.4 Å². The van der Waals surface area contributed by atoms with E-state index in [-0.39, 0.29) is 24.5 Å². The van der Waals surface area contributed by atoms with Gasteiger partial charge in [0.25, 0.3) is 5.91 Å². The van der Waals surface area contributed by atoms with Gasteiger partial charge in [0.2, 0.25) is 0 Å². The van der Waals surface area contributed by atoms with E-state index in [1.807, 2.05) is 36.5 Å². The largest absolute Gasteiger partial charge is 0.396 e. The van der Waals surface area contributed by atoms with Crippen LogP contribution in [0.1, 0.15) is 22.3 Å². The van der Waals surface area contributed by atoms with Crippen LogP contribution >= 0.6 is 0 Å². The second-order valence-corrected chi connectivity index (χ2v) is 7.31. The normalized spacial score (nSPS) is 20.6. The molecule has 1 aliphatic rings. The molecule has 5 heteroatoms. The molecule has 1 fully saturated rings. The Morgan fingerprint density at radius 2 is 2.04 bits per heavy atom. The van der Waals surface area contributed by atoms with Crippen molar-refractivity contribution in [1.82, 2.24) is 15.2 Å². The van der Waals surface area contributed by atoms with Gasteiger partial charge in [0.1, 0.15) is 0 Å². The number of carbonyl (C=O) groups is 1. The zero-order valence-electron chi connectivity index (χ0n) is 15.3. The number of amides is 1. The van der Waals surface area contributed by atoms with Gasteiger partial charge in [-0.15, -0.1) is 0 Å². The molecule has 0 bridgehead atoms. The van der Waals surface area contributed by atoms with Gasteiger partial charge in [0, 0.05) is 48.9 Å². The molecule has 0 spiro atoms. The zero-order valence-corrected chi connectivity index (χ0v) is 15.3. The van der Waals surface area contributed by atoms with Crippen LogP contribution in [0.5, 0.6) is 0 Å². The number of piperidine rings is 1. The summed E-state index contributed by atoms with van der Waals surface area (Å²) in [5, 5.41) is 14.1. The maximum atomic E-state index is 12.5. The predicted octanol–water partition coefficient (Wildman–Crippen LogP) is 2.78. The summed E-state index contributed by atoms with van der Waals surface area (Å²) in [6, 6.07) is 17.8. The molecule has 5 nitrogen and oxygen atoms in total. The Kier molecular flexibility index (Phi) is 5.23. The molecule has 0 aliphatic carbocycles. The van der Waals surface area contributed by atoms with E-state index in [1.54, 1.807) is 0 Å². The number of nitrogens with zero attached hydrogens (tertiary/aromatic N) is 1. The third-order valence-corrected chi connectivity index (χ3v) is 5.45. The van der Waals surface area contributed by atoms with Crippen molar-refractivity contribution in [1.29, 1.82) is 0 Å². The van der Waals surface area contributed by atoms with Crippen LogP contribution in [-0.4, -0.2) is 46.6 Å². The molecule has 0 saturated carbocycles. The number of aromatic nitrogens is 1. The lowest BCUT2D eigenvalue weighted by molar-refractivity contribution is 0.0730. The molecular weight excluding hydrogens is 338 g/mol. The summed E-state index contributed by atoms with van der Waals surface area (Å²) in [4.78, 5) is 18.1. The molecule has 2 heterocycles. The smallest absolute Gasteiger partial charge is 0.251 e.